The van der Waals surface area contributed by atoms with Crippen LogP contribution in [0.1, 0.15) is 22.8 Å². The first-order valence-electron chi connectivity index (χ1n) is 12.1. The van der Waals surface area contributed by atoms with Crippen molar-refractivity contribution < 1.29 is 22.8 Å². The van der Waals surface area contributed by atoms with E-state index in [2.05, 4.69) is 19.4 Å². The minimum atomic E-state index is -4.48. The highest BCUT2D eigenvalue weighted by Crippen LogP contribution is 2.29. The highest BCUT2D eigenvalue weighted by Gasteiger charge is 2.34. The maximum atomic E-state index is 13.0. The molecular weight excluding hydrogens is 487 g/mol. The van der Waals surface area contributed by atoms with Crippen LogP contribution in [0.15, 0.2) is 42.9 Å². The number of halogens is 3. The summed E-state index contributed by atoms with van der Waals surface area (Å²) in [5.74, 6) is 0.214. The van der Waals surface area contributed by atoms with Crippen LogP contribution in [0.3, 0.4) is 0 Å². The summed E-state index contributed by atoms with van der Waals surface area (Å²) in [6, 6.07) is 7.33. The number of rotatable bonds is 6. The second kappa shape index (κ2) is 9.66. The lowest BCUT2D eigenvalue weighted by atomic mass is 10.00. The van der Waals surface area contributed by atoms with E-state index in [4.69, 9.17) is 5.73 Å². The minimum absolute atomic E-state index is 0.0384. The fourth-order valence-corrected chi connectivity index (χ4v) is 5.12. The van der Waals surface area contributed by atoms with E-state index in [1.165, 1.54) is 0 Å². The molecule has 1 atom stereocenters. The average Bonchev–Trinajstić information content (AvgIpc) is 3.24. The van der Waals surface area contributed by atoms with Crippen LogP contribution in [-0.4, -0.2) is 81.5 Å². The number of piperazine rings is 1. The van der Waals surface area contributed by atoms with Gasteiger partial charge in [0.05, 0.1) is 12.1 Å². The number of carbonyl (C=O) groups excluding carboxylic acids is 2. The van der Waals surface area contributed by atoms with Crippen LogP contribution in [-0.2, 0) is 17.5 Å². The molecule has 12 heteroatoms. The van der Waals surface area contributed by atoms with Crippen LogP contribution in [0.25, 0.3) is 10.9 Å². The molecule has 1 unspecified atom stereocenters. The van der Waals surface area contributed by atoms with Gasteiger partial charge < -0.3 is 20.1 Å². The fourth-order valence-electron chi connectivity index (χ4n) is 5.12. The Morgan fingerprint density at radius 2 is 1.81 bits per heavy atom. The van der Waals surface area contributed by atoms with Gasteiger partial charge in [0, 0.05) is 80.9 Å². The van der Waals surface area contributed by atoms with Crippen molar-refractivity contribution in [3.8, 4) is 0 Å². The Hall–Kier alpha value is -3.67. The van der Waals surface area contributed by atoms with Crippen molar-refractivity contribution in [2.45, 2.75) is 25.7 Å². The molecule has 3 aromatic rings. The van der Waals surface area contributed by atoms with E-state index in [1.807, 2.05) is 36.2 Å². The second-order valence-corrected chi connectivity index (χ2v) is 9.82. The minimum Gasteiger partial charge on any atom is -0.366 e. The number of carbonyl (C=O) groups is 2. The Bertz CT molecular complexity index is 1300. The summed E-state index contributed by atoms with van der Waals surface area (Å²) < 4.78 is 40.4. The molecule has 2 aromatic heterocycles. The fraction of sp³-hybridized carbons (Fsp3) is 0.440. The molecule has 2 aliphatic heterocycles. The predicted molar refractivity (Wildman–Crippen MR) is 131 cm³/mol. The summed E-state index contributed by atoms with van der Waals surface area (Å²) in [6.07, 6.45) is -0.891. The molecule has 4 heterocycles. The van der Waals surface area contributed by atoms with Crippen LogP contribution in [0, 0.1) is 5.92 Å². The number of benzene rings is 1. The molecule has 2 aliphatic rings. The highest BCUT2D eigenvalue weighted by molar-refractivity contribution is 5.97. The zero-order valence-corrected chi connectivity index (χ0v) is 20.4. The zero-order valence-electron chi connectivity index (χ0n) is 20.4. The number of amides is 2. The van der Waals surface area contributed by atoms with Crippen molar-refractivity contribution in [3.63, 3.8) is 0 Å². The lowest BCUT2D eigenvalue weighted by molar-refractivity contribution is -0.138. The van der Waals surface area contributed by atoms with Gasteiger partial charge in [0.1, 0.15) is 0 Å². The Labute approximate surface area is 211 Å². The van der Waals surface area contributed by atoms with E-state index in [1.54, 1.807) is 11.0 Å². The monoisotopic (exact) mass is 515 g/mol. The zero-order chi connectivity index (χ0) is 26.3. The molecule has 2 N–H and O–H groups in total. The molecule has 0 saturated carbocycles. The third-order valence-corrected chi connectivity index (χ3v) is 7.10. The van der Waals surface area contributed by atoms with E-state index in [-0.39, 0.29) is 17.9 Å². The number of anilines is 1. The molecule has 5 rings (SSSR count). The van der Waals surface area contributed by atoms with Gasteiger partial charge in [0.15, 0.2) is 0 Å². The number of aromatic nitrogens is 3. The van der Waals surface area contributed by atoms with Crippen LogP contribution >= 0.6 is 0 Å². The average molecular weight is 516 g/mol. The third kappa shape index (κ3) is 5.24. The summed E-state index contributed by atoms with van der Waals surface area (Å²) >= 11 is 0. The standard InChI is InChI=1S/C25H28F3N7O2/c1-16-11-34(24-30-9-20(10-31-24)25(26,27)28)6-7-35(16)22(36)15-32-12-17(13-32)14-33-5-4-18-2-3-19(23(29)37)8-21(18)33/h2-5,8-10,16-17H,6-7,11-15H2,1H3,(H2,29,37). The number of primary amides is 1. The van der Waals surface area contributed by atoms with Crippen molar-refractivity contribution in [2.24, 2.45) is 11.7 Å². The maximum Gasteiger partial charge on any atom is 0.419 e. The largest absolute Gasteiger partial charge is 0.419 e. The Balaban J connectivity index is 1.11. The van der Waals surface area contributed by atoms with Crippen molar-refractivity contribution in [3.05, 3.63) is 54.0 Å². The van der Waals surface area contributed by atoms with Crippen LogP contribution < -0.4 is 10.6 Å². The van der Waals surface area contributed by atoms with Gasteiger partial charge in [-0.25, -0.2) is 9.97 Å². The Morgan fingerprint density at radius 1 is 1.08 bits per heavy atom. The third-order valence-electron chi connectivity index (χ3n) is 7.10. The summed E-state index contributed by atoms with van der Waals surface area (Å²) in [5.41, 5.74) is 5.98. The molecular formula is C25H28F3N7O2. The van der Waals surface area contributed by atoms with Crippen LogP contribution in [0.2, 0.25) is 0 Å². The van der Waals surface area contributed by atoms with Gasteiger partial charge in [0.25, 0.3) is 0 Å². The smallest absolute Gasteiger partial charge is 0.366 e. The molecule has 0 bridgehead atoms. The SMILES string of the molecule is CC1CN(c2ncc(C(F)(F)F)cn2)CCN1C(=O)CN1CC(Cn2ccc3ccc(C(N)=O)cc32)C1. The second-order valence-electron chi connectivity index (χ2n) is 9.82. The van der Waals surface area contributed by atoms with Crippen molar-refractivity contribution in [1.82, 2.24) is 24.3 Å². The molecule has 2 saturated heterocycles. The topological polar surface area (TPSA) is 101 Å². The molecule has 0 aliphatic carbocycles. The normalized spacial score (nSPS) is 19.3. The van der Waals surface area contributed by atoms with Gasteiger partial charge in [0.2, 0.25) is 17.8 Å². The first-order valence-corrected chi connectivity index (χ1v) is 12.1. The number of alkyl halides is 3. The van der Waals surface area contributed by atoms with Gasteiger partial charge in [-0.05, 0) is 30.5 Å². The summed E-state index contributed by atoms with van der Waals surface area (Å²) in [7, 11) is 0. The van der Waals surface area contributed by atoms with Crippen molar-refractivity contribution >= 4 is 28.7 Å². The van der Waals surface area contributed by atoms with E-state index in [0.717, 1.165) is 42.9 Å². The van der Waals surface area contributed by atoms with Gasteiger partial charge in [-0.1, -0.05) is 6.07 Å². The lowest BCUT2D eigenvalue weighted by Crippen LogP contribution is -2.58. The van der Waals surface area contributed by atoms with Crippen LogP contribution in [0.4, 0.5) is 19.1 Å². The Kier molecular flexibility index (Phi) is 6.52. The van der Waals surface area contributed by atoms with E-state index in [0.29, 0.717) is 37.7 Å². The molecule has 9 nitrogen and oxygen atoms in total. The first kappa shape index (κ1) is 25.0. The quantitative estimate of drug-likeness (QED) is 0.541. The van der Waals surface area contributed by atoms with Gasteiger partial charge in [-0.15, -0.1) is 0 Å². The van der Waals surface area contributed by atoms with E-state index >= 15 is 0 Å². The van der Waals surface area contributed by atoms with Crippen molar-refractivity contribution in [2.75, 3.05) is 44.2 Å². The van der Waals surface area contributed by atoms with Gasteiger partial charge in [-0.2, -0.15) is 13.2 Å². The molecule has 2 fully saturated rings. The lowest BCUT2D eigenvalue weighted by Gasteiger charge is -2.43. The summed E-state index contributed by atoms with van der Waals surface area (Å²) in [4.78, 5) is 38.0. The Morgan fingerprint density at radius 3 is 2.46 bits per heavy atom. The predicted octanol–water partition coefficient (Wildman–Crippen LogP) is 2.22. The number of hydrogen-bond donors (Lipinski definition) is 1. The summed E-state index contributed by atoms with van der Waals surface area (Å²) in [5, 5.41) is 1.05. The first-order chi connectivity index (χ1) is 17.6. The van der Waals surface area contributed by atoms with Gasteiger partial charge >= 0.3 is 6.18 Å². The number of fused-ring (bicyclic) bond motifs is 1. The van der Waals surface area contributed by atoms with Crippen LogP contribution in [0.5, 0.6) is 0 Å². The number of hydrogen-bond acceptors (Lipinski definition) is 6. The van der Waals surface area contributed by atoms with Gasteiger partial charge in [-0.3, -0.25) is 14.5 Å². The summed E-state index contributed by atoms with van der Waals surface area (Å²) in [6.45, 7) is 6.01. The molecule has 1 aromatic carbocycles. The van der Waals surface area contributed by atoms with Crippen molar-refractivity contribution in [1.29, 1.82) is 0 Å². The van der Waals surface area contributed by atoms with E-state index in [9.17, 15) is 22.8 Å². The van der Waals surface area contributed by atoms with E-state index < -0.39 is 17.6 Å². The molecule has 2 amide bonds. The maximum absolute atomic E-state index is 13.0. The molecule has 0 spiro atoms. The molecule has 196 valence electrons. The number of nitrogens with two attached hydrogens (primary N) is 1. The highest BCUT2D eigenvalue weighted by atomic mass is 19.4. The molecule has 37 heavy (non-hydrogen) atoms. The molecule has 0 radical (unpaired) electrons. The number of likely N-dealkylation sites (tertiary alicyclic amines) is 1. The number of nitrogens with zero attached hydrogens (tertiary/aromatic N) is 6.